The van der Waals surface area contributed by atoms with Crippen molar-refractivity contribution in [2.24, 2.45) is 22.2 Å². The number of benzene rings is 2. The fourth-order valence-corrected chi connectivity index (χ4v) is 11.5. The van der Waals surface area contributed by atoms with Crippen LogP contribution in [0.4, 0.5) is 0 Å². The van der Waals surface area contributed by atoms with Gasteiger partial charge in [-0.1, -0.05) is 115 Å². The number of carbonyl (C=O) groups is 2. The fraction of sp³-hybridized carbons (Fsp3) is 0.595. The first-order chi connectivity index (χ1) is 22.6. The van der Waals surface area contributed by atoms with E-state index in [2.05, 4.69) is 89.2 Å². The molecular formula is C42H63NO5Si. The molecule has 0 N–H and O–H groups in total. The molecule has 0 aliphatic heterocycles. The SMILES string of the molecule is CC(C)[C@@H](N=CC1=CCC[C@H](C)[C@@]1(C)CC[C@H](O[Si](c1ccccc1)(c1ccccc1)C(C)(C)C)C(=O)OC(C)(C)C)C(=O)OC(C)(C)C. The first kappa shape index (κ1) is 40.4. The largest absolute Gasteiger partial charge is 0.458 e. The van der Waals surface area contributed by atoms with E-state index in [1.165, 1.54) is 0 Å². The molecule has 0 radical (unpaired) electrons. The topological polar surface area (TPSA) is 74.2 Å². The molecule has 0 unspecified atom stereocenters. The van der Waals surface area contributed by atoms with Gasteiger partial charge in [0.05, 0.1) is 0 Å². The maximum absolute atomic E-state index is 14.2. The highest BCUT2D eigenvalue weighted by molar-refractivity contribution is 6.99. The molecule has 0 heterocycles. The molecule has 270 valence electrons. The van der Waals surface area contributed by atoms with Crippen molar-refractivity contribution < 1.29 is 23.5 Å². The first-order valence-electron chi connectivity index (χ1n) is 18.1. The lowest BCUT2D eigenvalue weighted by atomic mass is 9.64. The third-order valence-corrected chi connectivity index (χ3v) is 14.7. The summed E-state index contributed by atoms with van der Waals surface area (Å²) in [6.45, 7) is 26.6. The number of aliphatic imine (C=N–C) groups is 1. The molecular weight excluding hydrogens is 627 g/mol. The molecule has 1 aliphatic rings. The number of esters is 2. The lowest BCUT2D eigenvalue weighted by Gasteiger charge is -2.46. The molecule has 0 aromatic heterocycles. The van der Waals surface area contributed by atoms with E-state index in [1.54, 1.807) is 0 Å². The van der Waals surface area contributed by atoms with Crippen LogP contribution in [-0.4, -0.2) is 49.8 Å². The fourth-order valence-electron chi connectivity index (χ4n) is 6.87. The minimum Gasteiger partial charge on any atom is -0.458 e. The summed E-state index contributed by atoms with van der Waals surface area (Å²) in [6, 6.07) is 20.3. The number of ether oxygens (including phenoxy) is 2. The number of allylic oxidation sites excluding steroid dienone is 2. The van der Waals surface area contributed by atoms with Gasteiger partial charge in [-0.25, -0.2) is 9.59 Å². The number of nitrogens with zero attached hydrogens (tertiary/aromatic N) is 1. The van der Waals surface area contributed by atoms with Gasteiger partial charge in [-0.15, -0.1) is 0 Å². The molecule has 0 fully saturated rings. The van der Waals surface area contributed by atoms with Gasteiger partial charge < -0.3 is 13.9 Å². The van der Waals surface area contributed by atoms with Crippen molar-refractivity contribution in [2.75, 3.05) is 0 Å². The zero-order valence-electron chi connectivity index (χ0n) is 32.6. The van der Waals surface area contributed by atoms with Crippen LogP contribution in [0.3, 0.4) is 0 Å². The van der Waals surface area contributed by atoms with E-state index >= 15 is 0 Å². The molecule has 2 aromatic rings. The third kappa shape index (κ3) is 10.3. The predicted molar refractivity (Wildman–Crippen MR) is 205 cm³/mol. The monoisotopic (exact) mass is 689 g/mol. The van der Waals surface area contributed by atoms with E-state index in [4.69, 9.17) is 18.9 Å². The van der Waals surface area contributed by atoms with Crippen LogP contribution in [0.1, 0.15) is 116 Å². The summed E-state index contributed by atoms with van der Waals surface area (Å²) in [4.78, 5) is 32.2. The lowest BCUT2D eigenvalue weighted by molar-refractivity contribution is -0.164. The van der Waals surface area contributed by atoms with Crippen LogP contribution in [0.25, 0.3) is 0 Å². The Labute approximate surface area is 298 Å². The van der Waals surface area contributed by atoms with Crippen LogP contribution in [0.15, 0.2) is 77.3 Å². The van der Waals surface area contributed by atoms with Gasteiger partial charge in [0.25, 0.3) is 8.32 Å². The van der Waals surface area contributed by atoms with Crippen LogP contribution < -0.4 is 10.4 Å². The zero-order chi connectivity index (χ0) is 36.8. The molecule has 0 saturated heterocycles. The van der Waals surface area contributed by atoms with Crippen molar-refractivity contribution in [3.63, 3.8) is 0 Å². The molecule has 1 aliphatic carbocycles. The molecule has 4 atom stereocenters. The minimum absolute atomic E-state index is 0.0182. The second kappa shape index (κ2) is 15.9. The Kier molecular flexibility index (Phi) is 13.1. The Morgan fingerprint density at radius 2 is 1.35 bits per heavy atom. The first-order valence-corrected chi connectivity index (χ1v) is 20.0. The minimum atomic E-state index is -3.06. The Morgan fingerprint density at radius 3 is 1.80 bits per heavy atom. The molecule has 3 rings (SSSR count). The maximum atomic E-state index is 14.2. The highest BCUT2D eigenvalue weighted by Gasteiger charge is 2.53. The van der Waals surface area contributed by atoms with E-state index in [1.807, 2.05) is 73.7 Å². The summed E-state index contributed by atoms with van der Waals surface area (Å²) in [6.07, 6.45) is 6.49. The van der Waals surface area contributed by atoms with Gasteiger partial charge in [0.15, 0.2) is 0 Å². The summed E-state index contributed by atoms with van der Waals surface area (Å²) < 4.78 is 19.3. The number of rotatable bonds is 12. The van der Waals surface area contributed by atoms with Crippen LogP contribution in [0, 0.1) is 17.3 Å². The number of carbonyl (C=O) groups excluding carboxylic acids is 2. The van der Waals surface area contributed by atoms with Crippen molar-refractivity contribution in [3.05, 3.63) is 72.3 Å². The van der Waals surface area contributed by atoms with Gasteiger partial charge in [-0.05, 0) is 105 Å². The van der Waals surface area contributed by atoms with Gasteiger partial charge in [0.1, 0.15) is 23.3 Å². The zero-order valence-corrected chi connectivity index (χ0v) is 33.6. The van der Waals surface area contributed by atoms with E-state index < -0.39 is 31.7 Å². The Morgan fingerprint density at radius 1 is 0.857 bits per heavy atom. The molecule has 2 aromatic carbocycles. The lowest BCUT2D eigenvalue weighted by Crippen LogP contribution is -2.68. The van der Waals surface area contributed by atoms with Crippen LogP contribution in [0.5, 0.6) is 0 Å². The highest BCUT2D eigenvalue weighted by atomic mass is 28.4. The highest BCUT2D eigenvalue weighted by Crippen LogP contribution is 2.46. The molecule has 0 saturated carbocycles. The van der Waals surface area contributed by atoms with Gasteiger partial charge in [0, 0.05) is 6.21 Å². The summed E-state index contributed by atoms with van der Waals surface area (Å²) in [5.41, 5.74) is -0.466. The summed E-state index contributed by atoms with van der Waals surface area (Å²) in [5.74, 6) is -0.342. The standard InChI is InChI=1S/C42H63NO5Si/c1-30(2)36(38(45)47-40(7,8)9)43-29-32-22-20-21-31(3)42(32,13)28-27-35(37(44)46-39(4,5)6)48-49(41(10,11)12,33-23-16-14-17-24-33)34-25-18-15-19-26-34/h14-19,22-26,29-31,35-36H,20-21,27-28H2,1-13H3/t31-,35-,36+,42+/m0/s1. The van der Waals surface area contributed by atoms with E-state index in [9.17, 15) is 9.59 Å². The van der Waals surface area contributed by atoms with Crippen molar-refractivity contribution in [3.8, 4) is 0 Å². The number of hydrogen-bond donors (Lipinski definition) is 0. The Hall–Kier alpha value is -3.03. The van der Waals surface area contributed by atoms with Crippen molar-refractivity contribution in [2.45, 2.75) is 144 Å². The van der Waals surface area contributed by atoms with Crippen LogP contribution in [-0.2, 0) is 23.5 Å². The smallest absolute Gasteiger partial charge is 0.334 e. The second-order valence-electron chi connectivity index (χ2n) is 17.4. The second-order valence-corrected chi connectivity index (χ2v) is 21.7. The van der Waals surface area contributed by atoms with Gasteiger partial charge in [-0.2, -0.15) is 0 Å². The Bertz CT molecular complexity index is 1410. The summed E-state index contributed by atoms with van der Waals surface area (Å²) in [7, 11) is -3.06. The quantitative estimate of drug-likeness (QED) is 0.127. The molecule has 0 bridgehead atoms. The summed E-state index contributed by atoms with van der Waals surface area (Å²) in [5, 5.41) is 1.94. The third-order valence-electron chi connectivity index (χ3n) is 9.70. The van der Waals surface area contributed by atoms with Crippen molar-refractivity contribution in [1.82, 2.24) is 0 Å². The maximum Gasteiger partial charge on any atom is 0.334 e. The molecule has 0 amide bonds. The average Bonchev–Trinajstić information content (AvgIpc) is 2.98. The molecule has 6 nitrogen and oxygen atoms in total. The van der Waals surface area contributed by atoms with Gasteiger partial charge in [-0.3, -0.25) is 4.99 Å². The van der Waals surface area contributed by atoms with Crippen molar-refractivity contribution in [1.29, 1.82) is 0 Å². The van der Waals surface area contributed by atoms with Crippen molar-refractivity contribution >= 4 is 36.8 Å². The molecule has 7 heteroatoms. The van der Waals surface area contributed by atoms with Crippen LogP contribution in [0.2, 0.25) is 5.04 Å². The van der Waals surface area contributed by atoms with E-state index in [0.29, 0.717) is 18.8 Å². The van der Waals surface area contributed by atoms with Gasteiger partial charge >= 0.3 is 11.9 Å². The van der Waals surface area contributed by atoms with Gasteiger partial charge in [0.2, 0.25) is 0 Å². The Balaban J connectivity index is 2.08. The number of hydrogen-bond acceptors (Lipinski definition) is 6. The van der Waals surface area contributed by atoms with Crippen LogP contribution >= 0.6 is 0 Å². The predicted octanol–water partition coefficient (Wildman–Crippen LogP) is 8.85. The van der Waals surface area contributed by atoms with E-state index in [0.717, 1.165) is 28.8 Å². The summed E-state index contributed by atoms with van der Waals surface area (Å²) >= 11 is 0. The molecule has 49 heavy (non-hydrogen) atoms. The van der Waals surface area contributed by atoms with E-state index in [-0.39, 0.29) is 28.3 Å². The average molecular weight is 690 g/mol. The normalized spacial score (nSPS) is 20.5. The molecule has 0 spiro atoms.